The molecule has 1 aromatic rings. The van der Waals surface area contributed by atoms with E-state index in [4.69, 9.17) is 10.5 Å². The van der Waals surface area contributed by atoms with Crippen molar-refractivity contribution in [3.05, 3.63) is 30.1 Å². The maximum Gasteiger partial charge on any atom is 0.244 e. The first-order valence-corrected chi connectivity index (χ1v) is 8.54. The number of hydrogen-bond acceptors (Lipinski definition) is 4. The first-order chi connectivity index (χ1) is 12.1. The summed E-state index contributed by atoms with van der Waals surface area (Å²) in [7, 11) is 0. The Morgan fingerprint density at radius 3 is 2.32 bits per heavy atom. The number of carbonyl (C=O) groups is 1. The zero-order valence-corrected chi connectivity index (χ0v) is 14.2. The minimum Gasteiger partial charge on any atom is -0.378 e. The highest BCUT2D eigenvalue weighted by atomic mass is 19.1. The molecule has 2 saturated heterocycles. The Kier molecular flexibility index (Phi) is 5.70. The van der Waals surface area contributed by atoms with Gasteiger partial charge in [-0.2, -0.15) is 0 Å². The highest BCUT2D eigenvalue weighted by Crippen LogP contribution is 2.16. The van der Waals surface area contributed by atoms with Crippen LogP contribution in [0.1, 0.15) is 0 Å². The van der Waals surface area contributed by atoms with Crippen molar-refractivity contribution in [3.63, 3.8) is 0 Å². The molecule has 0 bridgehead atoms. The molecule has 3 rings (SSSR count). The number of halogens is 1. The molecule has 1 amide bonds. The summed E-state index contributed by atoms with van der Waals surface area (Å²) in [6, 6.07) is 6.50. The molecule has 0 spiro atoms. The van der Waals surface area contributed by atoms with Gasteiger partial charge in [0, 0.05) is 45.0 Å². The average Bonchev–Trinajstić information content (AvgIpc) is 2.67. The number of ether oxygens (including phenoxy) is 1. The van der Waals surface area contributed by atoms with Crippen LogP contribution in [0, 0.1) is 5.82 Å². The second-order valence-corrected chi connectivity index (χ2v) is 6.12. The molecule has 0 saturated carbocycles. The van der Waals surface area contributed by atoms with E-state index in [0.29, 0.717) is 32.3 Å². The second kappa shape index (κ2) is 8.15. The Morgan fingerprint density at radius 1 is 1.04 bits per heavy atom. The Bertz CT molecular complexity index is 608. The predicted octanol–water partition coefficient (Wildman–Crippen LogP) is 0.121. The van der Waals surface area contributed by atoms with Gasteiger partial charge >= 0.3 is 0 Å². The van der Waals surface area contributed by atoms with Gasteiger partial charge in [-0.05, 0) is 24.3 Å². The van der Waals surface area contributed by atoms with Gasteiger partial charge in [-0.25, -0.2) is 9.38 Å². The van der Waals surface area contributed by atoms with Gasteiger partial charge in [0.1, 0.15) is 12.4 Å². The van der Waals surface area contributed by atoms with Gasteiger partial charge < -0.3 is 25.2 Å². The lowest BCUT2D eigenvalue weighted by Gasteiger charge is -2.36. The fraction of sp³-hybridized carbons (Fsp3) is 0.529. The van der Waals surface area contributed by atoms with Crippen molar-refractivity contribution >= 4 is 17.6 Å². The molecule has 2 heterocycles. The lowest BCUT2D eigenvalue weighted by Crippen LogP contribution is -2.51. The monoisotopic (exact) mass is 349 g/mol. The molecular weight excluding hydrogens is 325 g/mol. The smallest absolute Gasteiger partial charge is 0.244 e. The van der Waals surface area contributed by atoms with Crippen LogP contribution in [-0.4, -0.2) is 80.7 Å². The first-order valence-electron chi connectivity index (χ1n) is 8.54. The number of anilines is 1. The average molecular weight is 349 g/mol. The lowest BCUT2D eigenvalue weighted by atomic mass is 10.2. The van der Waals surface area contributed by atoms with Crippen LogP contribution in [0.5, 0.6) is 0 Å². The summed E-state index contributed by atoms with van der Waals surface area (Å²) >= 11 is 0. The van der Waals surface area contributed by atoms with Crippen LogP contribution in [0.25, 0.3) is 0 Å². The van der Waals surface area contributed by atoms with Crippen LogP contribution in [0.15, 0.2) is 29.3 Å². The van der Waals surface area contributed by atoms with E-state index < -0.39 is 0 Å². The van der Waals surface area contributed by atoms with Crippen molar-refractivity contribution in [3.8, 4) is 0 Å². The SMILES string of the molecule is NC(=NCC(=O)N1CCOCC1)N1CCN(c2ccc(F)cc2)CC1. The highest BCUT2D eigenvalue weighted by Gasteiger charge is 2.20. The molecule has 2 aliphatic rings. The third-order valence-corrected chi connectivity index (χ3v) is 4.54. The normalized spacial score (nSPS) is 19.2. The molecule has 25 heavy (non-hydrogen) atoms. The Morgan fingerprint density at radius 2 is 1.68 bits per heavy atom. The Balaban J connectivity index is 1.48. The van der Waals surface area contributed by atoms with Gasteiger partial charge in [0.05, 0.1) is 13.2 Å². The number of benzene rings is 1. The largest absolute Gasteiger partial charge is 0.378 e. The van der Waals surface area contributed by atoms with Crippen LogP contribution in [0.4, 0.5) is 10.1 Å². The molecule has 0 radical (unpaired) electrons. The van der Waals surface area contributed by atoms with Gasteiger partial charge in [-0.1, -0.05) is 0 Å². The number of piperazine rings is 1. The summed E-state index contributed by atoms with van der Waals surface area (Å²) in [6.45, 7) is 5.46. The van der Waals surface area contributed by atoms with Crippen LogP contribution in [0.2, 0.25) is 0 Å². The summed E-state index contributed by atoms with van der Waals surface area (Å²) in [6.07, 6.45) is 0. The van der Waals surface area contributed by atoms with Crippen molar-refractivity contribution in [2.75, 3.05) is 63.9 Å². The number of morpholine rings is 1. The molecule has 2 N–H and O–H groups in total. The van der Waals surface area contributed by atoms with Crippen LogP contribution >= 0.6 is 0 Å². The van der Waals surface area contributed by atoms with Crippen molar-refractivity contribution in [1.82, 2.24) is 9.80 Å². The number of guanidine groups is 1. The third-order valence-electron chi connectivity index (χ3n) is 4.54. The van der Waals surface area contributed by atoms with Gasteiger partial charge in [0.2, 0.25) is 5.91 Å². The number of aliphatic imine (C=N–C) groups is 1. The van der Waals surface area contributed by atoms with Crippen LogP contribution < -0.4 is 10.6 Å². The molecule has 0 unspecified atom stereocenters. The summed E-state index contributed by atoms with van der Waals surface area (Å²) in [5, 5.41) is 0. The van der Waals surface area contributed by atoms with Crippen LogP contribution in [0.3, 0.4) is 0 Å². The standard InChI is InChI=1S/C17H24FN5O2/c18-14-1-3-15(4-2-14)21-5-7-23(8-6-21)17(19)20-13-16(24)22-9-11-25-12-10-22/h1-4H,5-13H2,(H2,19,20). The van der Waals surface area contributed by atoms with Crippen molar-refractivity contribution in [2.24, 2.45) is 10.7 Å². The molecule has 0 aromatic heterocycles. The van der Waals surface area contributed by atoms with E-state index >= 15 is 0 Å². The van der Waals surface area contributed by atoms with E-state index in [1.807, 2.05) is 4.90 Å². The maximum atomic E-state index is 13.0. The van der Waals surface area contributed by atoms with E-state index in [1.165, 1.54) is 12.1 Å². The van der Waals surface area contributed by atoms with E-state index in [-0.39, 0.29) is 18.3 Å². The number of carbonyl (C=O) groups excluding carboxylic acids is 1. The molecule has 8 heteroatoms. The third kappa shape index (κ3) is 4.60. The predicted molar refractivity (Wildman–Crippen MR) is 94.1 cm³/mol. The summed E-state index contributed by atoms with van der Waals surface area (Å²) in [4.78, 5) is 22.3. The van der Waals surface area contributed by atoms with E-state index in [2.05, 4.69) is 9.89 Å². The van der Waals surface area contributed by atoms with E-state index in [0.717, 1.165) is 31.9 Å². The van der Waals surface area contributed by atoms with Gasteiger partial charge in [-0.3, -0.25) is 4.79 Å². The van der Waals surface area contributed by atoms with E-state index in [9.17, 15) is 9.18 Å². The molecule has 2 fully saturated rings. The molecule has 1 aromatic carbocycles. The van der Waals surface area contributed by atoms with Gasteiger partial charge in [0.25, 0.3) is 0 Å². The number of amides is 1. The molecule has 2 aliphatic heterocycles. The van der Waals surface area contributed by atoms with Crippen molar-refractivity contribution < 1.29 is 13.9 Å². The quantitative estimate of drug-likeness (QED) is 0.620. The molecular formula is C17H24FN5O2. The first kappa shape index (κ1) is 17.5. The van der Waals surface area contributed by atoms with Crippen molar-refractivity contribution in [2.45, 2.75) is 0 Å². The zero-order valence-electron chi connectivity index (χ0n) is 14.2. The highest BCUT2D eigenvalue weighted by molar-refractivity contribution is 5.84. The number of nitrogens with zero attached hydrogens (tertiary/aromatic N) is 4. The Hall–Kier alpha value is -2.35. The lowest BCUT2D eigenvalue weighted by molar-refractivity contribution is -0.133. The van der Waals surface area contributed by atoms with E-state index in [1.54, 1.807) is 17.0 Å². The fourth-order valence-corrected chi connectivity index (χ4v) is 3.01. The molecule has 136 valence electrons. The molecule has 0 aliphatic carbocycles. The minimum atomic E-state index is -0.233. The zero-order chi connectivity index (χ0) is 17.6. The molecule has 7 nitrogen and oxygen atoms in total. The minimum absolute atomic E-state index is 0.0174. The second-order valence-electron chi connectivity index (χ2n) is 6.12. The van der Waals surface area contributed by atoms with Crippen LogP contribution in [-0.2, 0) is 9.53 Å². The van der Waals surface area contributed by atoms with Gasteiger partial charge in [0.15, 0.2) is 5.96 Å². The number of nitrogens with two attached hydrogens (primary N) is 1. The maximum absolute atomic E-state index is 13.0. The molecule has 0 atom stereocenters. The number of hydrogen-bond donors (Lipinski definition) is 1. The Labute approximate surface area is 146 Å². The topological polar surface area (TPSA) is 74.4 Å². The number of rotatable bonds is 3. The summed E-state index contributed by atoms with van der Waals surface area (Å²) in [5.41, 5.74) is 7.04. The van der Waals surface area contributed by atoms with Crippen molar-refractivity contribution in [1.29, 1.82) is 0 Å². The fourth-order valence-electron chi connectivity index (χ4n) is 3.01. The summed E-state index contributed by atoms with van der Waals surface area (Å²) in [5.74, 6) is 0.153. The van der Waals surface area contributed by atoms with Gasteiger partial charge in [-0.15, -0.1) is 0 Å². The summed E-state index contributed by atoms with van der Waals surface area (Å²) < 4.78 is 18.2.